The summed E-state index contributed by atoms with van der Waals surface area (Å²) in [6.45, 7) is 5.04. The van der Waals surface area contributed by atoms with Gasteiger partial charge in [0.15, 0.2) is 11.5 Å². The van der Waals surface area contributed by atoms with E-state index >= 15 is 0 Å². The van der Waals surface area contributed by atoms with Crippen molar-refractivity contribution >= 4 is 11.9 Å². The third-order valence-corrected chi connectivity index (χ3v) is 3.77. The molecule has 0 unspecified atom stereocenters. The van der Waals surface area contributed by atoms with Crippen LogP contribution in [-0.4, -0.2) is 26.6 Å². The van der Waals surface area contributed by atoms with Crippen molar-refractivity contribution in [2.24, 2.45) is 0 Å². The lowest BCUT2D eigenvalue weighted by Crippen LogP contribution is -2.01. The first-order valence-corrected chi connectivity index (χ1v) is 8.34. The van der Waals surface area contributed by atoms with Crippen molar-refractivity contribution in [2.45, 2.75) is 20.3 Å². The van der Waals surface area contributed by atoms with E-state index in [0.29, 0.717) is 30.3 Å². The molecule has 0 amide bonds. The molecular formula is C21H24O4. The van der Waals surface area contributed by atoms with Crippen molar-refractivity contribution in [1.82, 2.24) is 0 Å². The molecule has 25 heavy (non-hydrogen) atoms. The van der Waals surface area contributed by atoms with Crippen LogP contribution < -0.4 is 14.2 Å². The molecule has 0 spiro atoms. The number of allylic oxidation sites excluding steroid dienone is 1. The molecule has 2 aromatic carbocycles. The first kappa shape index (κ1) is 18.6. The van der Waals surface area contributed by atoms with Crippen LogP contribution in [0.25, 0.3) is 5.57 Å². The number of benzene rings is 2. The Hall–Kier alpha value is -2.75. The zero-order chi connectivity index (χ0) is 18.1. The topological polar surface area (TPSA) is 44.8 Å². The molecule has 4 nitrogen and oxygen atoms in total. The molecule has 2 aromatic rings. The van der Waals surface area contributed by atoms with E-state index in [2.05, 4.69) is 13.0 Å². The molecule has 0 aliphatic rings. The number of hydrogen-bond donors (Lipinski definition) is 0. The highest BCUT2D eigenvalue weighted by atomic mass is 16.5. The summed E-state index contributed by atoms with van der Waals surface area (Å²) < 4.78 is 16.5. The van der Waals surface area contributed by atoms with E-state index in [-0.39, 0.29) is 0 Å². The Balaban J connectivity index is 1.94. The number of carbonyl (C=O) groups is 1. The van der Waals surface area contributed by atoms with E-state index in [1.54, 1.807) is 25.3 Å². The lowest BCUT2D eigenvalue weighted by Gasteiger charge is -2.12. The van der Waals surface area contributed by atoms with Gasteiger partial charge in [-0.25, -0.2) is 0 Å². The molecule has 2 rings (SSSR count). The third kappa shape index (κ3) is 5.38. The monoisotopic (exact) mass is 340 g/mol. The third-order valence-electron chi connectivity index (χ3n) is 3.77. The van der Waals surface area contributed by atoms with Crippen LogP contribution in [0, 0.1) is 0 Å². The van der Waals surface area contributed by atoms with Crippen molar-refractivity contribution < 1.29 is 19.0 Å². The van der Waals surface area contributed by atoms with Gasteiger partial charge in [-0.2, -0.15) is 0 Å². The largest absolute Gasteiger partial charge is 0.497 e. The van der Waals surface area contributed by atoms with Gasteiger partial charge in [-0.3, -0.25) is 4.79 Å². The highest BCUT2D eigenvalue weighted by Crippen LogP contribution is 2.28. The SMILES string of the molecule is CCOc1cc(C=O)ccc1OCCC=C(C)c1ccc(OC)cc1. The number of methoxy groups -OCH3 is 1. The van der Waals surface area contributed by atoms with Gasteiger partial charge in [0.05, 0.1) is 20.3 Å². The number of hydrogen-bond acceptors (Lipinski definition) is 4. The molecule has 132 valence electrons. The lowest BCUT2D eigenvalue weighted by atomic mass is 10.1. The van der Waals surface area contributed by atoms with Gasteiger partial charge in [0.2, 0.25) is 0 Å². The molecule has 0 radical (unpaired) electrons. The van der Waals surface area contributed by atoms with E-state index in [0.717, 1.165) is 24.0 Å². The maximum absolute atomic E-state index is 10.9. The fraction of sp³-hybridized carbons (Fsp3) is 0.286. The summed E-state index contributed by atoms with van der Waals surface area (Å²) in [7, 11) is 1.66. The highest BCUT2D eigenvalue weighted by molar-refractivity contribution is 5.76. The molecule has 0 N–H and O–H groups in total. The van der Waals surface area contributed by atoms with Gasteiger partial charge in [-0.15, -0.1) is 0 Å². The fourth-order valence-corrected chi connectivity index (χ4v) is 2.40. The van der Waals surface area contributed by atoms with Crippen LogP contribution in [-0.2, 0) is 0 Å². The van der Waals surface area contributed by atoms with Gasteiger partial charge in [-0.1, -0.05) is 18.2 Å². The second-order valence-electron chi connectivity index (χ2n) is 5.51. The minimum absolute atomic E-state index is 0.523. The van der Waals surface area contributed by atoms with Crippen LogP contribution in [0.3, 0.4) is 0 Å². The zero-order valence-corrected chi connectivity index (χ0v) is 15.0. The van der Waals surface area contributed by atoms with Gasteiger partial charge in [0.25, 0.3) is 0 Å². The van der Waals surface area contributed by atoms with Crippen molar-refractivity contribution in [3.8, 4) is 17.2 Å². The summed E-state index contributed by atoms with van der Waals surface area (Å²) in [5.74, 6) is 2.10. The van der Waals surface area contributed by atoms with Crippen molar-refractivity contribution in [3.05, 3.63) is 59.7 Å². The Labute approximate surface area is 149 Å². The molecule has 0 heterocycles. The molecule has 0 saturated heterocycles. The van der Waals surface area contributed by atoms with Gasteiger partial charge >= 0.3 is 0 Å². The Kier molecular flexibility index (Phi) is 7.08. The smallest absolute Gasteiger partial charge is 0.161 e. The maximum Gasteiger partial charge on any atom is 0.161 e. The summed E-state index contributed by atoms with van der Waals surface area (Å²) in [6.07, 6.45) is 3.72. The van der Waals surface area contributed by atoms with Gasteiger partial charge in [-0.05, 0) is 55.3 Å². The molecule has 0 atom stereocenters. The van der Waals surface area contributed by atoms with E-state index in [4.69, 9.17) is 14.2 Å². The normalized spacial score (nSPS) is 11.1. The fourth-order valence-electron chi connectivity index (χ4n) is 2.40. The summed E-state index contributed by atoms with van der Waals surface area (Å²) in [5, 5.41) is 0. The molecule has 0 aliphatic heterocycles. The number of carbonyl (C=O) groups excluding carboxylic acids is 1. The van der Waals surface area contributed by atoms with E-state index < -0.39 is 0 Å². The minimum atomic E-state index is 0.523. The molecular weight excluding hydrogens is 316 g/mol. The second-order valence-corrected chi connectivity index (χ2v) is 5.51. The first-order valence-electron chi connectivity index (χ1n) is 8.34. The minimum Gasteiger partial charge on any atom is -0.497 e. The Morgan fingerprint density at radius 1 is 1.04 bits per heavy atom. The predicted molar refractivity (Wildman–Crippen MR) is 99.8 cm³/mol. The van der Waals surface area contributed by atoms with Crippen LogP contribution in [0.1, 0.15) is 36.2 Å². The molecule has 0 aliphatic carbocycles. The number of rotatable bonds is 9. The lowest BCUT2D eigenvalue weighted by molar-refractivity contribution is 0.112. The zero-order valence-electron chi connectivity index (χ0n) is 15.0. The van der Waals surface area contributed by atoms with Crippen molar-refractivity contribution in [2.75, 3.05) is 20.3 Å². The van der Waals surface area contributed by atoms with Crippen LogP contribution in [0.15, 0.2) is 48.5 Å². The van der Waals surface area contributed by atoms with Crippen LogP contribution >= 0.6 is 0 Å². The van der Waals surface area contributed by atoms with Gasteiger partial charge in [0.1, 0.15) is 12.0 Å². The van der Waals surface area contributed by atoms with Crippen LogP contribution in [0.2, 0.25) is 0 Å². The van der Waals surface area contributed by atoms with E-state index in [9.17, 15) is 4.79 Å². The highest BCUT2D eigenvalue weighted by Gasteiger charge is 2.06. The predicted octanol–water partition coefficient (Wildman–Crippen LogP) is 4.78. The molecule has 0 fully saturated rings. The average Bonchev–Trinajstić information content (AvgIpc) is 2.66. The van der Waals surface area contributed by atoms with Crippen molar-refractivity contribution in [1.29, 1.82) is 0 Å². The summed E-state index contributed by atoms with van der Waals surface area (Å²) >= 11 is 0. The van der Waals surface area contributed by atoms with Crippen LogP contribution in [0.4, 0.5) is 0 Å². The Bertz CT molecular complexity index is 717. The maximum atomic E-state index is 10.9. The van der Waals surface area contributed by atoms with Crippen LogP contribution in [0.5, 0.6) is 17.2 Å². The van der Waals surface area contributed by atoms with E-state index in [1.807, 2.05) is 31.2 Å². The molecule has 0 aromatic heterocycles. The van der Waals surface area contributed by atoms with Crippen molar-refractivity contribution in [3.63, 3.8) is 0 Å². The summed E-state index contributed by atoms with van der Waals surface area (Å²) in [6, 6.07) is 13.2. The quantitative estimate of drug-likeness (QED) is 0.487. The van der Waals surface area contributed by atoms with E-state index in [1.165, 1.54) is 5.57 Å². The second kappa shape index (κ2) is 9.52. The number of ether oxygens (including phenoxy) is 3. The number of aldehydes is 1. The molecule has 4 heteroatoms. The summed E-state index contributed by atoms with van der Waals surface area (Å²) in [5.41, 5.74) is 2.92. The van der Waals surface area contributed by atoms with Gasteiger partial charge < -0.3 is 14.2 Å². The standard InChI is InChI=1S/C21H24O4/c1-4-24-21-14-17(15-22)7-12-20(21)25-13-5-6-16(2)18-8-10-19(23-3)11-9-18/h6-12,14-15H,4-5,13H2,1-3H3. The Morgan fingerprint density at radius 3 is 2.44 bits per heavy atom. The summed E-state index contributed by atoms with van der Waals surface area (Å²) in [4.78, 5) is 10.9. The first-order chi connectivity index (χ1) is 12.2. The molecule has 0 bridgehead atoms. The average molecular weight is 340 g/mol. The Morgan fingerprint density at radius 2 is 1.80 bits per heavy atom. The molecule has 0 saturated carbocycles. The van der Waals surface area contributed by atoms with Gasteiger partial charge in [0, 0.05) is 12.0 Å².